The highest BCUT2D eigenvalue weighted by molar-refractivity contribution is 7.09. The summed E-state index contributed by atoms with van der Waals surface area (Å²) in [4.78, 5) is 15.8. The fraction of sp³-hybridized carbons (Fsp3) is 0.273. The first kappa shape index (κ1) is 16.1. The van der Waals surface area contributed by atoms with Gasteiger partial charge in [0.15, 0.2) is 0 Å². The van der Waals surface area contributed by atoms with Crippen molar-refractivity contribution < 1.29 is 9.90 Å². The summed E-state index contributed by atoms with van der Waals surface area (Å²) in [6.07, 6.45) is -0.687. The molecule has 0 aliphatic carbocycles. The molecule has 0 fully saturated rings. The van der Waals surface area contributed by atoms with Crippen LogP contribution in [0.3, 0.4) is 0 Å². The Kier molecular flexibility index (Phi) is 6.40. The number of halogens is 1. The van der Waals surface area contributed by atoms with E-state index in [1.807, 2.05) is 16.8 Å². The monoisotopic (exact) mass is 319 g/mol. The van der Waals surface area contributed by atoms with Gasteiger partial charge in [0.1, 0.15) is 10.7 Å². The van der Waals surface area contributed by atoms with Crippen LogP contribution in [0, 0.1) is 0 Å². The number of nitrogens with two attached hydrogens (primary N) is 1. The van der Waals surface area contributed by atoms with Crippen LogP contribution in [0.15, 0.2) is 22.2 Å². The number of rotatable bonds is 5. The van der Waals surface area contributed by atoms with E-state index in [4.69, 9.17) is 5.73 Å². The summed E-state index contributed by atoms with van der Waals surface area (Å²) in [7, 11) is 0. The third kappa shape index (κ3) is 4.26. The second-order valence-corrected chi connectivity index (χ2v) is 5.34. The number of carbonyl (C=O) groups is 1. The minimum Gasteiger partial charge on any atom is -0.387 e. The molecular weight excluding hydrogens is 306 g/mol. The van der Waals surface area contributed by atoms with Crippen molar-refractivity contribution in [2.45, 2.75) is 12.6 Å². The number of aliphatic hydroxyl groups excluding tert-OH is 1. The molecule has 104 valence electrons. The molecule has 2 heterocycles. The number of thiazole rings is 1. The maximum absolute atomic E-state index is 11.7. The highest BCUT2D eigenvalue weighted by atomic mass is 35.5. The number of thiophene rings is 1. The topological polar surface area (TPSA) is 88.2 Å². The van der Waals surface area contributed by atoms with Crippen LogP contribution >= 0.6 is 35.1 Å². The van der Waals surface area contributed by atoms with E-state index in [1.165, 1.54) is 22.7 Å². The van der Waals surface area contributed by atoms with Gasteiger partial charge < -0.3 is 16.2 Å². The molecule has 2 aromatic heterocycles. The van der Waals surface area contributed by atoms with E-state index in [2.05, 4.69) is 10.3 Å². The molecule has 0 spiro atoms. The average molecular weight is 320 g/mol. The third-order valence-corrected chi connectivity index (χ3v) is 3.92. The van der Waals surface area contributed by atoms with Crippen LogP contribution in [0.4, 0.5) is 0 Å². The molecule has 19 heavy (non-hydrogen) atoms. The molecule has 0 aromatic carbocycles. The van der Waals surface area contributed by atoms with Gasteiger partial charge in [-0.3, -0.25) is 4.79 Å². The summed E-state index contributed by atoms with van der Waals surface area (Å²) < 4.78 is 0. The van der Waals surface area contributed by atoms with Crippen molar-refractivity contribution in [1.29, 1.82) is 0 Å². The van der Waals surface area contributed by atoms with E-state index in [0.29, 0.717) is 12.2 Å². The Balaban J connectivity index is 0.00000180. The lowest BCUT2D eigenvalue weighted by atomic mass is 10.2. The largest absolute Gasteiger partial charge is 0.387 e. The van der Waals surface area contributed by atoms with Crippen molar-refractivity contribution in [2.24, 2.45) is 5.73 Å². The summed E-state index contributed by atoms with van der Waals surface area (Å²) in [5.74, 6) is -0.291. The van der Waals surface area contributed by atoms with Crippen molar-refractivity contribution >= 4 is 41.0 Å². The van der Waals surface area contributed by atoms with E-state index in [9.17, 15) is 9.90 Å². The molecule has 8 heteroatoms. The van der Waals surface area contributed by atoms with Gasteiger partial charge in [-0.2, -0.15) is 11.3 Å². The SMILES string of the molecule is Cl.NCc1nc(C(=O)NCC(O)c2ccsc2)cs1. The second-order valence-electron chi connectivity index (χ2n) is 3.61. The molecule has 0 radical (unpaired) electrons. The Labute approximate surface area is 124 Å². The zero-order valence-corrected chi connectivity index (χ0v) is 12.4. The Morgan fingerprint density at radius 2 is 2.32 bits per heavy atom. The van der Waals surface area contributed by atoms with Crippen LogP contribution in [0.25, 0.3) is 0 Å². The molecular formula is C11H14ClN3O2S2. The average Bonchev–Trinajstić information content (AvgIpc) is 3.05. The summed E-state index contributed by atoms with van der Waals surface area (Å²) in [6, 6.07) is 1.83. The van der Waals surface area contributed by atoms with Crippen LogP contribution in [0.5, 0.6) is 0 Å². The third-order valence-electron chi connectivity index (χ3n) is 2.34. The fourth-order valence-corrected chi connectivity index (χ4v) is 2.73. The Morgan fingerprint density at radius 3 is 2.89 bits per heavy atom. The zero-order valence-electron chi connectivity index (χ0n) is 9.91. The van der Waals surface area contributed by atoms with Crippen LogP contribution in [-0.4, -0.2) is 22.5 Å². The molecule has 1 unspecified atom stereocenters. The number of nitrogens with zero attached hydrogens (tertiary/aromatic N) is 1. The first-order chi connectivity index (χ1) is 8.70. The molecule has 1 atom stereocenters. The molecule has 0 saturated carbocycles. The van der Waals surface area contributed by atoms with Crippen molar-refractivity contribution in [3.63, 3.8) is 0 Å². The number of hydrogen-bond donors (Lipinski definition) is 3. The van der Waals surface area contributed by atoms with Crippen LogP contribution in [0.1, 0.15) is 27.2 Å². The summed E-state index contributed by atoms with van der Waals surface area (Å²) >= 11 is 2.86. The maximum atomic E-state index is 11.7. The highest BCUT2D eigenvalue weighted by Crippen LogP contribution is 2.15. The Hall–Kier alpha value is -0.990. The smallest absolute Gasteiger partial charge is 0.270 e. The van der Waals surface area contributed by atoms with E-state index >= 15 is 0 Å². The fourth-order valence-electron chi connectivity index (χ4n) is 1.37. The van der Waals surface area contributed by atoms with Gasteiger partial charge in [0.25, 0.3) is 5.91 Å². The lowest BCUT2D eigenvalue weighted by Gasteiger charge is -2.09. The predicted molar refractivity (Wildman–Crippen MR) is 78.9 cm³/mol. The maximum Gasteiger partial charge on any atom is 0.270 e. The molecule has 0 saturated heterocycles. The lowest BCUT2D eigenvalue weighted by Crippen LogP contribution is -2.28. The van der Waals surface area contributed by atoms with Gasteiger partial charge in [-0.15, -0.1) is 23.7 Å². The van der Waals surface area contributed by atoms with E-state index in [0.717, 1.165) is 10.6 Å². The predicted octanol–water partition coefficient (Wildman–Crippen LogP) is 1.55. The van der Waals surface area contributed by atoms with Crippen molar-refractivity contribution in [3.05, 3.63) is 38.5 Å². The lowest BCUT2D eigenvalue weighted by molar-refractivity contribution is 0.0912. The first-order valence-corrected chi connectivity index (χ1v) is 7.15. The number of amides is 1. The van der Waals surface area contributed by atoms with Crippen molar-refractivity contribution in [1.82, 2.24) is 10.3 Å². The molecule has 4 N–H and O–H groups in total. The summed E-state index contributed by atoms with van der Waals surface area (Å²) in [5.41, 5.74) is 6.58. The first-order valence-electron chi connectivity index (χ1n) is 5.33. The second kappa shape index (κ2) is 7.56. The summed E-state index contributed by atoms with van der Waals surface area (Å²) in [6.45, 7) is 0.501. The normalized spacial score (nSPS) is 11.7. The quantitative estimate of drug-likeness (QED) is 0.780. The number of aromatic nitrogens is 1. The van der Waals surface area contributed by atoms with Crippen molar-refractivity contribution in [2.75, 3.05) is 6.54 Å². The highest BCUT2D eigenvalue weighted by Gasteiger charge is 2.13. The van der Waals surface area contributed by atoms with Gasteiger partial charge in [-0.1, -0.05) is 0 Å². The van der Waals surface area contributed by atoms with Crippen LogP contribution < -0.4 is 11.1 Å². The van der Waals surface area contributed by atoms with Gasteiger partial charge in [0.2, 0.25) is 0 Å². The number of carbonyl (C=O) groups excluding carboxylic acids is 1. The zero-order chi connectivity index (χ0) is 13.0. The molecule has 5 nitrogen and oxygen atoms in total. The number of hydrogen-bond acceptors (Lipinski definition) is 6. The Bertz CT molecular complexity index is 516. The van der Waals surface area contributed by atoms with E-state index in [-0.39, 0.29) is 24.9 Å². The van der Waals surface area contributed by atoms with Gasteiger partial charge in [-0.05, 0) is 22.4 Å². The number of aliphatic hydroxyl groups is 1. The van der Waals surface area contributed by atoms with E-state index < -0.39 is 6.10 Å². The van der Waals surface area contributed by atoms with Crippen LogP contribution in [0.2, 0.25) is 0 Å². The van der Waals surface area contributed by atoms with Crippen LogP contribution in [-0.2, 0) is 6.54 Å². The minimum atomic E-state index is -0.687. The molecule has 0 aliphatic rings. The molecule has 1 amide bonds. The van der Waals surface area contributed by atoms with Gasteiger partial charge >= 0.3 is 0 Å². The molecule has 2 aromatic rings. The van der Waals surface area contributed by atoms with Gasteiger partial charge in [0, 0.05) is 18.5 Å². The molecule has 0 aliphatic heterocycles. The van der Waals surface area contributed by atoms with Gasteiger partial charge in [-0.25, -0.2) is 4.98 Å². The molecule has 2 rings (SSSR count). The number of nitrogens with one attached hydrogen (secondary N) is 1. The minimum absolute atomic E-state index is 0. The Morgan fingerprint density at radius 1 is 1.53 bits per heavy atom. The van der Waals surface area contributed by atoms with Gasteiger partial charge in [0.05, 0.1) is 6.10 Å². The van der Waals surface area contributed by atoms with E-state index in [1.54, 1.807) is 5.38 Å². The standard InChI is InChI=1S/C11H13N3O2S2.ClH/c12-3-10-14-8(6-18-10)11(16)13-4-9(15)7-1-2-17-5-7;/h1-2,5-6,9,15H,3-4,12H2,(H,13,16);1H. The molecule has 0 bridgehead atoms. The summed E-state index contributed by atoms with van der Waals surface area (Å²) in [5, 5.41) is 18.6. The van der Waals surface area contributed by atoms with Crippen molar-refractivity contribution in [3.8, 4) is 0 Å².